The first-order chi connectivity index (χ1) is 9.92. The molecule has 2 saturated heterocycles. The Morgan fingerprint density at radius 1 is 1.38 bits per heavy atom. The summed E-state index contributed by atoms with van der Waals surface area (Å²) in [5.41, 5.74) is -1.68. The minimum Gasteiger partial charge on any atom is -0.462 e. The molecule has 112 valence electrons. The molecule has 4 atom stereocenters. The van der Waals surface area contributed by atoms with E-state index in [1.54, 1.807) is 0 Å². The van der Waals surface area contributed by atoms with Crippen LogP contribution in [0.1, 0.15) is 32.6 Å². The molecular weight excluding hydrogens is 272 g/mol. The van der Waals surface area contributed by atoms with Gasteiger partial charge in [-0.2, -0.15) is 0 Å². The molecule has 2 aliphatic heterocycles. The Bertz CT molecular complexity index is 576. The van der Waals surface area contributed by atoms with Gasteiger partial charge in [-0.3, -0.25) is 4.79 Å². The van der Waals surface area contributed by atoms with Crippen molar-refractivity contribution in [2.75, 3.05) is 6.61 Å². The predicted octanol–water partition coefficient (Wildman–Crippen LogP) is 0.956. The van der Waals surface area contributed by atoms with Crippen LogP contribution >= 0.6 is 0 Å². The Morgan fingerprint density at radius 2 is 2.10 bits per heavy atom. The van der Waals surface area contributed by atoms with Gasteiger partial charge in [-0.1, -0.05) is 11.6 Å². The van der Waals surface area contributed by atoms with E-state index in [9.17, 15) is 14.7 Å². The van der Waals surface area contributed by atoms with Crippen molar-refractivity contribution >= 4 is 11.9 Å². The van der Waals surface area contributed by atoms with Gasteiger partial charge in [0.05, 0.1) is 11.8 Å². The number of carbonyl (C=O) groups excluding carboxylic acids is 2. The minimum atomic E-state index is -1.72. The lowest BCUT2D eigenvalue weighted by Crippen LogP contribution is -2.67. The molecule has 2 heterocycles. The SMILES string of the molecule is C#C.C[C@@]12COC(=O)[C@]1(O)C1CC3(CCC=C32)CC(=O)O1. The molecule has 0 radical (unpaired) electrons. The van der Waals surface area contributed by atoms with E-state index in [1.165, 1.54) is 0 Å². The second kappa shape index (κ2) is 4.11. The van der Waals surface area contributed by atoms with Crippen molar-refractivity contribution in [3.63, 3.8) is 0 Å². The van der Waals surface area contributed by atoms with Crippen molar-refractivity contribution < 1.29 is 24.2 Å². The molecule has 1 saturated carbocycles. The molecule has 2 bridgehead atoms. The van der Waals surface area contributed by atoms with Crippen LogP contribution in [0.2, 0.25) is 0 Å². The lowest BCUT2D eigenvalue weighted by atomic mass is 9.51. The van der Waals surface area contributed by atoms with Crippen LogP contribution in [0.4, 0.5) is 0 Å². The fourth-order valence-electron chi connectivity index (χ4n) is 4.65. The van der Waals surface area contributed by atoms with Crippen LogP contribution in [0.5, 0.6) is 0 Å². The number of cyclic esters (lactones) is 1. The van der Waals surface area contributed by atoms with Gasteiger partial charge < -0.3 is 14.6 Å². The van der Waals surface area contributed by atoms with E-state index in [4.69, 9.17) is 9.47 Å². The largest absolute Gasteiger partial charge is 0.462 e. The quantitative estimate of drug-likeness (QED) is 0.408. The highest BCUT2D eigenvalue weighted by Gasteiger charge is 2.74. The molecule has 3 fully saturated rings. The van der Waals surface area contributed by atoms with Crippen LogP contribution in [0.15, 0.2) is 11.6 Å². The van der Waals surface area contributed by atoms with Gasteiger partial charge in [0.1, 0.15) is 12.7 Å². The number of allylic oxidation sites excluding steroid dienone is 1. The topological polar surface area (TPSA) is 72.8 Å². The fraction of sp³-hybridized carbons (Fsp3) is 0.625. The molecule has 0 aromatic rings. The highest BCUT2D eigenvalue weighted by Crippen LogP contribution is 2.65. The summed E-state index contributed by atoms with van der Waals surface area (Å²) in [6.45, 7) is 2.03. The zero-order valence-corrected chi connectivity index (χ0v) is 11.9. The van der Waals surface area contributed by atoms with Crippen molar-refractivity contribution in [1.29, 1.82) is 0 Å². The number of hydrogen-bond acceptors (Lipinski definition) is 5. The predicted molar refractivity (Wildman–Crippen MR) is 72.8 cm³/mol. The fourth-order valence-corrected chi connectivity index (χ4v) is 4.65. The molecule has 21 heavy (non-hydrogen) atoms. The molecule has 4 rings (SSSR count). The molecule has 2 aliphatic carbocycles. The number of aliphatic hydroxyl groups is 1. The third kappa shape index (κ3) is 1.41. The third-order valence-corrected chi connectivity index (χ3v) is 5.58. The normalized spacial score (nSPS) is 46.3. The molecular formula is C16H18O5. The molecule has 4 aliphatic rings. The van der Waals surface area contributed by atoms with E-state index in [0.29, 0.717) is 12.8 Å². The lowest BCUT2D eigenvalue weighted by molar-refractivity contribution is -0.210. The maximum absolute atomic E-state index is 12.0. The second-order valence-corrected chi connectivity index (χ2v) is 6.47. The molecule has 5 heteroatoms. The maximum Gasteiger partial charge on any atom is 0.343 e. The zero-order chi connectivity index (χ0) is 15.5. The van der Waals surface area contributed by atoms with Gasteiger partial charge in [0.25, 0.3) is 0 Å². The summed E-state index contributed by atoms with van der Waals surface area (Å²) in [6, 6.07) is 0. The van der Waals surface area contributed by atoms with E-state index in [1.807, 2.05) is 6.92 Å². The van der Waals surface area contributed by atoms with Gasteiger partial charge in [-0.05, 0) is 26.2 Å². The monoisotopic (exact) mass is 290 g/mol. The highest BCUT2D eigenvalue weighted by atomic mass is 16.6. The van der Waals surface area contributed by atoms with Gasteiger partial charge in [0, 0.05) is 5.41 Å². The number of carbonyl (C=O) groups is 2. The summed E-state index contributed by atoms with van der Waals surface area (Å²) in [6.07, 6.45) is 12.0. The summed E-state index contributed by atoms with van der Waals surface area (Å²) in [5.74, 6) is -0.977. The van der Waals surface area contributed by atoms with Gasteiger partial charge in [0.15, 0.2) is 0 Å². The first-order valence-electron chi connectivity index (χ1n) is 7.06. The van der Waals surface area contributed by atoms with Crippen molar-refractivity contribution in [3.05, 3.63) is 11.6 Å². The van der Waals surface area contributed by atoms with Gasteiger partial charge in [0.2, 0.25) is 5.60 Å². The molecule has 0 amide bonds. The first-order valence-corrected chi connectivity index (χ1v) is 7.06. The number of ether oxygens (including phenoxy) is 2. The average Bonchev–Trinajstić information content (AvgIpc) is 2.96. The van der Waals surface area contributed by atoms with Crippen LogP contribution in [-0.2, 0) is 19.1 Å². The lowest BCUT2D eigenvalue weighted by Gasteiger charge is -2.55. The molecule has 0 aromatic carbocycles. The van der Waals surface area contributed by atoms with E-state index in [0.717, 1.165) is 18.4 Å². The van der Waals surface area contributed by atoms with E-state index in [-0.39, 0.29) is 18.0 Å². The first kappa shape index (κ1) is 14.2. The zero-order valence-electron chi connectivity index (χ0n) is 11.9. The number of esters is 2. The Kier molecular flexibility index (Phi) is 2.77. The van der Waals surface area contributed by atoms with Gasteiger partial charge in [-0.15, -0.1) is 12.8 Å². The van der Waals surface area contributed by atoms with Crippen molar-refractivity contribution in [3.8, 4) is 12.8 Å². The Balaban J connectivity index is 0.000000636. The number of rotatable bonds is 0. The summed E-state index contributed by atoms with van der Waals surface area (Å²) in [5, 5.41) is 10.9. The Morgan fingerprint density at radius 3 is 2.81 bits per heavy atom. The maximum atomic E-state index is 12.0. The third-order valence-electron chi connectivity index (χ3n) is 5.58. The van der Waals surface area contributed by atoms with Gasteiger partial charge in [-0.25, -0.2) is 4.79 Å². The molecule has 1 N–H and O–H groups in total. The Hall–Kier alpha value is -1.80. The Labute approximate surface area is 123 Å². The van der Waals surface area contributed by atoms with Crippen molar-refractivity contribution in [2.24, 2.45) is 10.8 Å². The minimum absolute atomic E-state index is 0.171. The second-order valence-electron chi connectivity index (χ2n) is 6.47. The molecule has 5 nitrogen and oxygen atoms in total. The summed E-state index contributed by atoms with van der Waals surface area (Å²) in [7, 11) is 0. The molecule has 2 unspecified atom stereocenters. The summed E-state index contributed by atoms with van der Waals surface area (Å²) >= 11 is 0. The molecule has 0 aromatic heterocycles. The summed E-state index contributed by atoms with van der Waals surface area (Å²) < 4.78 is 10.4. The van der Waals surface area contributed by atoms with E-state index >= 15 is 0 Å². The van der Waals surface area contributed by atoms with Crippen LogP contribution in [0, 0.1) is 23.7 Å². The number of hydrogen-bond donors (Lipinski definition) is 1. The standard InChI is InChI=1S/C14H16O5.C2H2/c1-12-7-18-11(16)14(12,17)9-5-13(6-10(15)19-9)4-2-3-8(12)13;1-2/h3,9,17H,2,4-7H2,1H3;1-2H/t9?,12-,13?,14+;/m0./s1. The van der Waals surface area contributed by atoms with Crippen LogP contribution in [0.25, 0.3) is 0 Å². The smallest absolute Gasteiger partial charge is 0.343 e. The van der Waals surface area contributed by atoms with Crippen LogP contribution in [0.3, 0.4) is 0 Å². The van der Waals surface area contributed by atoms with Crippen LogP contribution in [-0.4, -0.2) is 35.4 Å². The molecule has 1 spiro atoms. The van der Waals surface area contributed by atoms with E-state index < -0.39 is 23.1 Å². The van der Waals surface area contributed by atoms with Crippen LogP contribution < -0.4 is 0 Å². The van der Waals surface area contributed by atoms with E-state index in [2.05, 4.69) is 18.9 Å². The van der Waals surface area contributed by atoms with Gasteiger partial charge >= 0.3 is 11.9 Å². The summed E-state index contributed by atoms with van der Waals surface area (Å²) in [4.78, 5) is 23.9. The van der Waals surface area contributed by atoms with Crippen molar-refractivity contribution in [2.45, 2.75) is 44.3 Å². The number of terminal acetylenes is 1. The van der Waals surface area contributed by atoms with Crippen molar-refractivity contribution in [1.82, 2.24) is 0 Å². The number of fused-ring (bicyclic) bond motifs is 4. The highest BCUT2D eigenvalue weighted by molar-refractivity contribution is 5.87. The average molecular weight is 290 g/mol.